The first-order valence-electron chi connectivity index (χ1n) is 8.45. The van der Waals surface area contributed by atoms with Crippen LogP contribution in [0.15, 0.2) is 0 Å². The monoisotopic (exact) mass is 236 g/mol. The minimum atomic E-state index is 1.10. The van der Waals surface area contributed by atoms with Gasteiger partial charge in [-0.2, -0.15) is 0 Å². The van der Waals surface area contributed by atoms with Crippen LogP contribution < -0.4 is 0 Å². The average Bonchev–Trinajstić information content (AvgIpc) is 2.73. The second-order valence-electron chi connectivity index (χ2n) is 6.65. The number of hydrogen-bond donors (Lipinski definition) is 0. The van der Waals surface area contributed by atoms with Crippen molar-refractivity contribution < 1.29 is 0 Å². The quantitative estimate of drug-likeness (QED) is 0.517. The fourth-order valence-electron chi connectivity index (χ4n) is 4.00. The highest BCUT2D eigenvalue weighted by atomic mass is 14.2. The van der Waals surface area contributed by atoms with Gasteiger partial charge in [0.2, 0.25) is 0 Å². The minimum Gasteiger partial charge on any atom is -0.0533 e. The molecule has 0 saturated heterocycles. The Morgan fingerprint density at radius 1 is 0.471 bits per heavy atom. The van der Waals surface area contributed by atoms with Crippen LogP contribution in [0, 0.1) is 11.8 Å². The lowest BCUT2D eigenvalue weighted by molar-refractivity contribution is 0.359. The molecule has 0 aromatic rings. The maximum atomic E-state index is 1.55. The Hall–Kier alpha value is 0. The first kappa shape index (κ1) is 13.4. The van der Waals surface area contributed by atoms with Gasteiger partial charge in [-0.25, -0.2) is 0 Å². The Morgan fingerprint density at radius 2 is 0.824 bits per heavy atom. The predicted molar refractivity (Wildman–Crippen MR) is 76.2 cm³/mol. The van der Waals surface area contributed by atoms with Crippen LogP contribution in [0.3, 0.4) is 0 Å². The molecule has 0 aromatic carbocycles. The molecule has 0 radical (unpaired) electrons. The van der Waals surface area contributed by atoms with Crippen molar-refractivity contribution in [2.24, 2.45) is 11.8 Å². The fourth-order valence-corrected chi connectivity index (χ4v) is 4.00. The predicted octanol–water partition coefficient (Wildman–Crippen LogP) is 6.10. The van der Waals surface area contributed by atoms with E-state index in [1.54, 1.807) is 38.5 Å². The standard InChI is InChI=1S/C17H32/c1-2-6-11-16(10-5-1)14-9-15-17-12-7-3-4-8-13-17/h16-17H,1-15H2. The summed E-state index contributed by atoms with van der Waals surface area (Å²) in [6.07, 6.45) is 23.0. The zero-order valence-corrected chi connectivity index (χ0v) is 11.8. The summed E-state index contributed by atoms with van der Waals surface area (Å²) in [6, 6.07) is 0. The number of rotatable bonds is 4. The van der Waals surface area contributed by atoms with E-state index in [1.807, 2.05) is 0 Å². The van der Waals surface area contributed by atoms with Gasteiger partial charge in [-0.3, -0.25) is 0 Å². The molecular weight excluding hydrogens is 204 g/mol. The minimum absolute atomic E-state index is 1.10. The van der Waals surface area contributed by atoms with Gasteiger partial charge < -0.3 is 0 Å². The third-order valence-electron chi connectivity index (χ3n) is 5.17. The van der Waals surface area contributed by atoms with E-state index in [-0.39, 0.29) is 0 Å². The molecule has 0 aromatic heterocycles. The molecule has 2 rings (SSSR count). The molecule has 2 saturated carbocycles. The highest BCUT2D eigenvalue weighted by Crippen LogP contribution is 2.30. The van der Waals surface area contributed by atoms with Crippen molar-refractivity contribution in [3.8, 4) is 0 Å². The molecule has 100 valence electrons. The van der Waals surface area contributed by atoms with Crippen molar-refractivity contribution in [3.63, 3.8) is 0 Å². The van der Waals surface area contributed by atoms with E-state index in [0.29, 0.717) is 0 Å². The molecule has 2 aliphatic rings. The van der Waals surface area contributed by atoms with Crippen LogP contribution in [-0.2, 0) is 0 Å². The van der Waals surface area contributed by atoms with Crippen molar-refractivity contribution in [2.75, 3.05) is 0 Å². The molecule has 0 heterocycles. The topological polar surface area (TPSA) is 0 Å². The highest BCUT2D eigenvalue weighted by molar-refractivity contribution is 4.68. The maximum absolute atomic E-state index is 1.55. The summed E-state index contributed by atoms with van der Waals surface area (Å²) in [7, 11) is 0. The van der Waals surface area contributed by atoms with Gasteiger partial charge >= 0.3 is 0 Å². The van der Waals surface area contributed by atoms with Gasteiger partial charge in [0.25, 0.3) is 0 Å². The average molecular weight is 236 g/mol. The highest BCUT2D eigenvalue weighted by Gasteiger charge is 2.15. The lowest BCUT2D eigenvalue weighted by Crippen LogP contribution is -2.03. The summed E-state index contributed by atoms with van der Waals surface area (Å²) in [4.78, 5) is 0. The second kappa shape index (κ2) is 8.16. The molecule has 2 fully saturated rings. The summed E-state index contributed by atoms with van der Waals surface area (Å²) in [6.45, 7) is 0. The lowest BCUT2D eigenvalue weighted by atomic mass is 9.89. The van der Waals surface area contributed by atoms with Crippen molar-refractivity contribution in [1.29, 1.82) is 0 Å². The van der Waals surface area contributed by atoms with Crippen molar-refractivity contribution >= 4 is 0 Å². The first-order valence-corrected chi connectivity index (χ1v) is 8.45. The van der Waals surface area contributed by atoms with Crippen molar-refractivity contribution in [3.05, 3.63) is 0 Å². The van der Waals surface area contributed by atoms with Crippen LogP contribution in [0.2, 0.25) is 0 Å². The second-order valence-corrected chi connectivity index (χ2v) is 6.65. The van der Waals surface area contributed by atoms with Crippen LogP contribution in [0.1, 0.15) is 96.3 Å². The zero-order valence-electron chi connectivity index (χ0n) is 11.8. The molecule has 0 nitrogen and oxygen atoms in total. The molecule has 0 unspecified atom stereocenters. The molecule has 0 amide bonds. The normalized spacial score (nSPS) is 25.4. The first-order chi connectivity index (χ1) is 8.45. The van der Waals surface area contributed by atoms with Gasteiger partial charge in [-0.15, -0.1) is 0 Å². The fraction of sp³-hybridized carbons (Fsp3) is 1.00. The maximum Gasteiger partial charge on any atom is -0.0414 e. The van der Waals surface area contributed by atoms with Gasteiger partial charge in [0, 0.05) is 0 Å². The Morgan fingerprint density at radius 3 is 1.18 bits per heavy atom. The van der Waals surface area contributed by atoms with Crippen LogP contribution in [-0.4, -0.2) is 0 Å². The Balaban J connectivity index is 1.57. The van der Waals surface area contributed by atoms with Crippen LogP contribution >= 0.6 is 0 Å². The zero-order chi connectivity index (χ0) is 11.8. The van der Waals surface area contributed by atoms with E-state index in [4.69, 9.17) is 0 Å². The van der Waals surface area contributed by atoms with E-state index < -0.39 is 0 Å². The van der Waals surface area contributed by atoms with Gasteiger partial charge in [0.05, 0.1) is 0 Å². The summed E-state index contributed by atoms with van der Waals surface area (Å²) in [5.41, 5.74) is 0. The van der Waals surface area contributed by atoms with Crippen LogP contribution in [0.4, 0.5) is 0 Å². The summed E-state index contributed by atoms with van der Waals surface area (Å²) >= 11 is 0. The lowest BCUT2D eigenvalue weighted by Gasteiger charge is -2.17. The molecule has 2 aliphatic carbocycles. The molecule has 0 bridgehead atoms. The van der Waals surface area contributed by atoms with E-state index in [2.05, 4.69) is 0 Å². The third kappa shape index (κ3) is 5.44. The molecule has 0 aliphatic heterocycles. The van der Waals surface area contributed by atoms with Crippen molar-refractivity contribution in [1.82, 2.24) is 0 Å². The smallest absolute Gasteiger partial charge is 0.0414 e. The summed E-state index contributed by atoms with van der Waals surface area (Å²) in [5, 5.41) is 0. The van der Waals surface area contributed by atoms with Gasteiger partial charge in [0.1, 0.15) is 0 Å². The molecular formula is C17H32. The SMILES string of the molecule is C1CCCC(CCCC2CCCCCC2)CC1. The largest absolute Gasteiger partial charge is 0.0533 e. The molecule has 0 atom stereocenters. The molecule has 0 N–H and O–H groups in total. The summed E-state index contributed by atoms with van der Waals surface area (Å²) in [5.74, 6) is 2.20. The Labute approximate surface area is 109 Å². The van der Waals surface area contributed by atoms with E-state index in [9.17, 15) is 0 Å². The third-order valence-corrected chi connectivity index (χ3v) is 5.17. The van der Waals surface area contributed by atoms with Gasteiger partial charge in [-0.05, 0) is 11.8 Å². The van der Waals surface area contributed by atoms with Crippen LogP contribution in [0.5, 0.6) is 0 Å². The molecule has 17 heavy (non-hydrogen) atoms. The summed E-state index contributed by atoms with van der Waals surface area (Å²) < 4.78 is 0. The van der Waals surface area contributed by atoms with E-state index in [1.165, 1.54) is 57.8 Å². The molecule has 0 heteroatoms. The Bertz CT molecular complexity index is 148. The van der Waals surface area contributed by atoms with Gasteiger partial charge in [-0.1, -0.05) is 96.3 Å². The van der Waals surface area contributed by atoms with E-state index >= 15 is 0 Å². The van der Waals surface area contributed by atoms with Crippen molar-refractivity contribution in [2.45, 2.75) is 96.3 Å². The van der Waals surface area contributed by atoms with Crippen LogP contribution in [0.25, 0.3) is 0 Å². The Kier molecular flexibility index (Phi) is 6.45. The van der Waals surface area contributed by atoms with Gasteiger partial charge in [0.15, 0.2) is 0 Å². The van der Waals surface area contributed by atoms with E-state index in [0.717, 1.165) is 11.8 Å². The number of hydrogen-bond acceptors (Lipinski definition) is 0. The molecule has 0 spiro atoms.